The number of aromatic carboxylic acids is 1. The summed E-state index contributed by atoms with van der Waals surface area (Å²) in [5.74, 6) is -0.879. The number of nitrogens with one attached hydrogen (secondary N) is 1. The third kappa shape index (κ3) is 2.58. The number of carboxylic acid groups (broad SMARTS) is 1. The van der Waals surface area contributed by atoms with Gasteiger partial charge in [0.1, 0.15) is 0 Å². The Kier molecular flexibility index (Phi) is 3.12. The molecule has 0 aliphatic carbocycles. The standard InChI is InChI=1S/C13H14N2O5S/c16-12(17)9-1-2-11-10(5-9)14-13(18)15(11)6-8-3-4-21(19,20)7-8/h1-2,5,8H,3-4,6-7H2,(H,14,18)(H,16,17). The van der Waals surface area contributed by atoms with Crippen LogP contribution < -0.4 is 5.69 Å². The van der Waals surface area contributed by atoms with Crippen molar-refractivity contribution in [3.8, 4) is 0 Å². The first-order chi connectivity index (χ1) is 9.85. The average molecular weight is 310 g/mol. The fourth-order valence-electron chi connectivity index (χ4n) is 2.75. The maximum absolute atomic E-state index is 12.0. The third-order valence-electron chi connectivity index (χ3n) is 3.79. The number of sulfone groups is 1. The SMILES string of the molecule is O=C(O)c1ccc2c(c1)[nH]c(=O)n2CC1CCS(=O)(=O)C1. The summed E-state index contributed by atoms with van der Waals surface area (Å²) >= 11 is 0. The number of aromatic nitrogens is 2. The summed E-state index contributed by atoms with van der Waals surface area (Å²) in [7, 11) is -2.99. The van der Waals surface area contributed by atoms with E-state index in [0.29, 0.717) is 24.0 Å². The topological polar surface area (TPSA) is 109 Å². The van der Waals surface area contributed by atoms with E-state index in [4.69, 9.17) is 5.11 Å². The highest BCUT2D eigenvalue weighted by atomic mass is 32.2. The largest absolute Gasteiger partial charge is 0.478 e. The molecule has 1 unspecified atom stereocenters. The molecule has 0 spiro atoms. The van der Waals surface area contributed by atoms with E-state index in [1.54, 1.807) is 6.07 Å². The Bertz CT molecular complexity index is 878. The average Bonchev–Trinajstić information content (AvgIpc) is 2.90. The molecule has 1 saturated heterocycles. The van der Waals surface area contributed by atoms with E-state index in [-0.39, 0.29) is 28.7 Å². The molecule has 1 aromatic carbocycles. The predicted molar refractivity (Wildman–Crippen MR) is 76.3 cm³/mol. The van der Waals surface area contributed by atoms with Crippen molar-refractivity contribution in [3.63, 3.8) is 0 Å². The fourth-order valence-corrected chi connectivity index (χ4v) is 4.60. The number of aromatic amines is 1. The van der Waals surface area contributed by atoms with E-state index >= 15 is 0 Å². The van der Waals surface area contributed by atoms with Gasteiger partial charge >= 0.3 is 11.7 Å². The lowest BCUT2D eigenvalue weighted by Crippen LogP contribution is -2.22. The number of carboxylic acids is 1. The van der Waals surface area contributed by atoms with Crippen molar-refractivity contribution in [2.45, 2.75) is 13.0 Å². The lowest BCUT2D eigenvalue weighted by Gasteiger charge is -2.08. The fraction of sp³-hybridized carbons (Fsp3) is 0.385. The van der Waals surface area contributed by atoms with Crippen LogP contribution >= 0.6 is 0 Å². The van der Waals surface area contributed by atoms with Crippen molar-refractivity contribution in [2.24, 2.45) is 5.92 Å². The summed E-state index contributed by atoms with van der Waals surface area (Å²) < 4.78 is 24.4. The predicted octanol–water partition coefficient (Wildman–Crippen LogP) is 0.462. The molecule has 0 amide bonds. The van der Waals surface area contributed by atoms with Crippen LogP contribution in [0.5, 0.6) is 0 Å². The van der Waals surface area contributed by atoms with Gasteiger partial charge in [-0.25, -0.2) is 18.0 Å². The molecule has 1 fully saturated rings. The van der Waals surface area contributed by atoms with Gasteiger partial charge in [-0.2, -0.15) is 0 Å². The lowest BCUT2D eigenvalue weighted by atomic mass is 10.1. The molecule has 2 N–H and O–H groups in total. The van der Waals surface area contributed by atoms with Crippen LogP contribution in [0.2, 0.25) is 0 Å². The van der Waals surface area contributed by atoms with Crippen molar-refractivity contribution in [1.29, 1.82) is 0 Å². The van der Waals surface area contributed by atoms with E-state index in [0.717, 1.165) is 0 Å². The maximum Gasteiger partial charge on any atom is 0.335 e. The number of benzene rings is 1. The Morgan fingerprint density at radius 1 is 1.43 bits per heavy atom. The smallest absolute Gasteiger partial charge is 0.335 e. The molecule has 2 aromatic rings. The molecule has 112 valence electrons. The zero-order valence-electron chi connectivity index (χ0n) is 11.1. The maximum atomic E-state index is 12.0. The van der Waals surface area contributed by atoms with Crippen LogP contribution in [0.1, 0.15) is 16.8 Å². The highest BCUT2D eigenvalue weighted by Gasteiger charge is 2.28. The van der Waals surface area contributed by atoms with Crippen molar-refractivity contribution in [1.82, 2.24) is 9.55 Å². The van der Waals surface area contributed by atoms with Gasteiger partial charge in [0.25, 0.3) is 0 Å². The van der Waals surface area contributed by atoms with E-state index in [2.05, 4.69) is 4.98 Å². The molecule has 21 heavy (non-hydrogen) atoms. The van der Waals surface area contributed by atoms with Gasteiger partial charge in [-0.05, 0) is 30.5 Å². The second-order valence-electron chi connectivity index (χ2n) is 5.35. The Hall–Kier alpha value is -2.09. The summed E-state index contributed by atoms with van der Waals surface area (Å²) in [4.78, 5) is 25.5. The van der Waals surface area contributed by atoms with E-state index in [9.17, 15) is 18.0 Å². The lowest BCUT2D eigenvalue weighted by molar-refractivity contribution is 0.0697. The van der Waals surface area contributed by atoms with E-state index < -0.39 is 15.8 Å². The van der Waals surface area contributed by atoms with Crippen molar-refractivity contribution in [3.05, 3.63) is 34.2 Å². The Labute approximate surface area is 120 Å². The molecular formula is C13H14N2O5S. The molecule has 0 saturated carbocycles. The van der Waals surface area contributed by atoms with Gasteiger partial charge in [-0.3, -0.25) is 4.57 Å². The molecule has 1 atom stereocenters. The highest BCUT2D eigenvalue weighted by Crippen LogP contribution is 2.21. The monoisotopic (exact) mass is 310 g/mol. The van der Waals surface area contributed by atoms with Crippen LogP contribution in [0.4, 0.5) is 0 Å². The van der Waals surface area contributed by atoms with Gasteiger partial charge in [0.2, 0.25) is 0 Å². The molecule has 1 aliphatic heterocycles. The molecule has 1 aliphatic rings. The van der Waals surface area contributed by atoms with Crippen molar-refractivity contribution >= 4 is 26.8 Å². The number of fused-ring (bicyclic) bond motifs is 1. The van der Waals surface area contributed by atoms with Gasteiger partial charge in [0, 0.05) is 6.54 Å². The minimum Gasteiger partial charge on any atom is -0.478 e. The number of hydrogen-bond donors (Lipinski definition) is 2. The second kappa shape index (κ2) is 4.73. The number of carbonyl (C=O) groups is 1. The quantitative estimate of drug-likeness (QED) is 0.856. The number of nitrogens with zero attached hydrogens (tertiary/aromatic N) is 1. The minimum absolute atomic E-state index is 0.0779. The minimum atomic E-state index is -2.99. The molecule has 3 rings (SSSR count). The summed E-state index contributed by atoms with van der Waals surface area (Å²) in [5.41, 5.74) is 0.784. The van der Waals surface area contributed by atoms with E-state index in [1.165, 1.54) is 16.7 Å². The van der Waals surface area contributed by atoms with Crippen LogP contribution in [0.3, 0.4) is 0 Å². The highest BCUT2D eigenvalue weighted by molar-refractivity contribution is 7.91. The van der Waals surface area contributed by atoms with Gasteiger partial charge in [0.15, 0.2) is 9.84 Å². The molecular weight excluding hydrogens is 296 g/mol. The molecule has 0 radical (unpaired) electrons. The first-order valence-corrected chi connectivity index (χ1v) is 8.34. The van der Waals surface area contributed by atoms with Crippen LogP contribution in [0.15, 0.2) is 23.0 Å². The Morgan fingerprint density at radius 3 is 2.81 bits per heavy atom. The zero-order valence-corrected chi connectivity index (χ0v) is 11.9. The van der Waals surface area contributed by atoms with Crippen molar-refractivity contribution in [2.75, 3.05) is 11.5 Å². The molecule has 7 nitrogen and oxygen atoms in total. The number of hydrogen-bond acceptors (Lipinski definition) is 4. The number of H-pyrrole nitrogens is 1. The first kappa shape index (κ1) is 13.9. The second-order valence-corrected chi connectivity index (χ2v) is 7.58. The number of rotatable bonds is 3. The summed E-state index contributed by atoms with van der Waals surface area (Å²) in [6, 6.07) is 4.40. The van der Waals surface area contributed by atoms with Crippen molar-refractivity contribution < 1.29 is 18.3 Å². The Balaban J connectivity index is 1.98. The van der Waals surface area contributed by atoms with Gasteiger partial charge in [0.05, 0.1) is 28.1 Å². The molecule has 1 aromatic heterocycles. The normalized spacial score (nSPS) is 20.9. The summed E-state index contributed by atoms with van der Waals surface area (Å²) in [5, 5.41) is 8.94. The summed E-state index contributed by atoms with van der Waals surface area (Å²) in [6.07, 6.45) is 0.550. The van der Waals surface area contributed by atoms with Crippen LogP contribution in [0.25, 0.3) is 11.0 Å². The van der Waals surface area contributed by atoms with Crippen LogP contribution in [0, 0.1) is 5.92 Å². The van der Waals surface area contributed by atoms with Gasteiger partial charge < -0.3 is 10.1 Å². The van der Waals surface area contributed by atoms with Crippen LogP contribution in [-0.2, 0) is 16.4 Å². The Morgan fingerprint density at radius 2 is 2.19 bits per heavy atom. The van der Waals surface area contributed by atoms with Gasteiger partial charge in [-0.1, -0.05) is 0 Å². The van der Waals surface area contributed by atoms with E-state index in [1.807, 2.05) is 0 Å². The van der Waals surface area contributed by atoms with Crippen LogP contribution in [-0.4, -0.2) is 40.6 Å². The molecule has 2 heterocycles. The summed E-state index contributed by atoms with van der Waals surface area (Å²) in [6.45, 7) is 0.324. The molecule has 8 heteroatoms. The third-order valence-corrected chi connectivity index (χ3v) is 5.63. The van der Waals surface area contributed by atoms with Gasteiger partial charge in [-0.15, -0.1) is 0 Å². The number of imidazole rings is 1. The first-order valence-electron chi connectivity index (χ1n) is 6.52. The molecule has 0 bridgehead atoms. The zero-order chi connectivity index (χ0) is 15.2.